The Labute approximate surface area is 198 Å². The number of para-hydroxylation sites is 2. The Bertz CT molecular complexity index is 1300. The number of rotatable bonds is 6. The first-order valence-corrected chi connectivity index (χ1v) is 11.4. The van der Waals surface area contributed by atoms with Gasteiger partial charge in [0.25, 0.3) is 11.8 Å². The van der Waals surface area contributed by atoms with Gasteiger partial charge in [-0.2, -0.15) is 0 Å². The fraction of sp³-hybridized carbons (Fsp3) is 0.214. The van der Waals surface area contributed by atoms with Crippen LogP contribution in [0.15, 0.2) is 78.5 Å². The summed E-state index contributed by atoms with van der Waals surface area (Å²) in [5, 5.41) is 0. The number of fused-ring (bicyclic) bond motifs is 1. The molecular weight excluding hydrogens is 431 g/mol. The lowest BCUT2D eigenvalue weighted by Gasteiger charge is -2.22. The van der Waals surface area contributed by atoms with E-state index in [-0.39, 0.29) is 17.0 Å². The predicted octanol–water partition coefficient (Wildman–Crippen LogP) is 5.21. The Morgan fingerprint density at radius 2 is 1.56 bits per heavy atom. The van der Waals surface area contributed by atoms with Crippen LogP contribution in [-0.4, -0.2) is 25.0 Å². The number of hydrogen-bond acceptors (Lipinski definition) is 4. The molecule has 0 bridgehead atoms. The second kappa shape index (κ2) is 8.78. The lowest BCUT2D eigenvalue weighted by molar-refractivity contribution is -0.120. The van der Waals surface area contributed by atoms with Crippen molar-refractivity contribution in [1.82, 2.24) is 0 Å². The van der Waals surface area contributed by atoms with E-state index < -0.39 is 17.6 Å². The number of benzene rings is 3. The lowest BCUT2D eigenvalue weighted by Crippen LogP contribution is -2.35. The summed E-state index contributed by atoms with van der Waals surface area (Å²) in [5.41, 5.74) is 3.08. The normalized spacial score (nSPS) is 15.5. The third-order valence-corrected chi connectivity index (χ3v) is 6.04. The summed E-state index contributed by atoms with van der Waals surface area (Å²) in [5.74, 6) is -0.613. The molecule has 5 rings (SSSR count). The maximum Gasteiger partial charge on any atom is 0.282 e. The molecule has 0 atom stereocenters. The van der Waals surface area contributed by atoms with Crippen LogP contribution in [-0.2, 0) is 16.0 Å². The third kappa shape index (κ3) is 3.75. The van der Waals surface area contributed by atoms with Crippen molar-refractivity contribution in [2.75, 3.05) is 23.0 Å². The van der Waals surface area contributed by atoms with Gasteiger partial charge in [-0.25, -0.2) is 9.29 Å². The van der Waals surface area contributed by atoms with E-state index in [1.807, 2.05) is 29.2 Å². The van der Waals surface area contributed by atoms with E-state index in [9.17, 15) is 14.0 Å². The van der Waals surface area contributed by atoms with Gasteiger partial charge in [0.15, 0.2) is 0 Å². The number of imide groups is 1. The largest absolute Gasteiger partial charge is 0.493 e. The first kappa shape index (κ1) is 21.9. The molecule has 2 amide bonds. The maximum atomic E-state index is 14.7. The highest BCUT2D eigenvalue weighted by Gasteiger charge is 2.44. The van der Waals surface area contributed by atoms with Gasteiger partial charge in [0.2, 0.25) is 0 Å². The summed E-state index contributed by atoms with van der Waals surface area (Å²) < 4.78 is 20.4. The average Bonchev–Trinajstić information content (AvgIpc) is 3.36. The summed E-state index contributed by atoms with van der Waals surface area (Å²) in [6.45, 7) is 5.28. The van der Waals surface area contributed by atoms with Crippen LogP contribution in [0.5, 0.6) is 5.75 Å². The van der Waals surface area contributed by atoms with Gasteiger partial charge in [-0.1, -0.05) is 56.3 Å². The van der Waals surface area contributed by atoms with Crippen molar-refractivity contribution in [2.45, 2.75) is 20.3 Å². The number of anilines is 2. The molecule has 34 heavy (non-hydrogen) atoms. The fourth-order valence-corrected chi connectivity index (χ4v) is 4.43. The minimum Gasteiger partial charge on any atom is -0.493 e. The van der Waals surface area contributed by atoms with Crippen LogP contribution in [0, 0.1) is 11.7 Å². The van der Waals surface area contributed by atoms with Crippen molar-refractivity contribution in [3.05, 3.63) is 95.4 Å². The molecule has 0 saturated heterocycles. The summed E-state index contributed by atoms with van der Waals surface area (Å²) in [4.78, 5) is 30.2. The van der Waals surface area contributed by atoms with E-state index in [0.29, 0.717) is 30.4 Å². The minimum atomic E-state index is -0.621. The van der Waals surface area contributed by atoms with Crippen molar-refractivity contribution < 1.29 is 18.7 Å². The number of carbonyl (C=O) groups is 2. The second-order valence-electron chi connectivity index (χ2n) is 8.88. The Morgan fingerprint density at radius 1 is 0.882 bits per heavy atom. The van der Waals surface area contributed by atoms with Crippen LogP contribution in [0.4, 0.5) is 15.8 Å². The van der Waals surface area contributed by atoms with Crippen LogP contribution in [0.3, 0.4) is 0 Å². The molecular formula is C28H25FN2O3. The average molecular weight is 457 g/mol. The quantitative estimate of drug-likeness (QED) is 0.478. The van der Waals surface area contributed by atoms with Crippen molar-refractivity contribution in [2.24, 2.45) is 5.92 Å². The van der Waals surface area contributed by atoms with Gasteiger partial charge in [-0.3, -0.25) is 9.59 Å². The van der Waals surface area contributed by atoms with E-state index in [1.165, 1.54) is 18.2 Å². The molecule has 6 heteroatoms. The first-order chi connectivity index (χ1) is 16.5. The summed E-state index contributed by atoms with van der Waals surface area (Å²) >= 11 is 0. The first-order valence-electron chi connectivity index (χ1n) is 11.4. The molecule has 0 unspecified atom stereocenters. The molecule has 3 aromatic carbocycles. The SMILES string of the molecule is CC(C)COc1ccc(C2=C(N3CCc4ccccc43)C(=O)N(c3ccccc3F)C2=O)cc1. The molecule has 172 valence electrons. The molecule has 0 spiro atoms. The zero-order chi connectivity index (χ0) is 23.8. The van der Waals surface area contributed by atoms with Crippen LogP contribution in [0.1, 0.15) is 25.0 Å². The molecule has 3 aromatic rings. The van der Waals surface area contributed by atoms with Crippen LogP contribution >= 0.6 is 0 Å². The topological polar surface area (TPSA) is 49.9 Å². The zero-order valence-corrected chi connectivity index (χ0v) is 19.1. The van der Waals surface area contributed by atoms with Gasteiger partial charge < -0.3 is 9.64 Å². The summed E-state index contributed by atoms with van der Waals surface area (Å²) in [7, 11) is 0. The molecule has 0 fully saturated rings. The molecule has 2 heterocycles. The van der Waals surface area contributed by atoms with Crippen LogP contribution in [0.2, 0.25) is 0 Å². The van der Waals surface area contributed by atoms with E-state index >= 15 is 0 Å². The second-order valence-corrected chi connectivity index (χ2v) is 8.88. The summed E-state index contributed by atoms with van der Waals surface area (Å²) in [6, 6.07) is 20.8. The Kier molecular flexibility index (Phi) is 5.65. The van der Waals surface area contributed by atoms with E-state index in [4.69, 9.17) is 4.74 Å². The highest BCUT2D eigenvalue weighted by molar-refractivity contribution is 6.46. The van der Waals surface area contributed by atoms with Gasteiger partial charge in [0, 0.05) is 12.2 Å². The number of halogens is 1. The maximum absolute atomic E-state index is 14.7. The molecule has 0 aliphatic carbocycles. The number of carbonyl (C=O) groups excluding carboxylic acids is 2. The Balaban J connectivity index is 1.61. The smallest absolute Gasteiger partial charge is 0.282 e. The van der Waals surface area contributed by atoms with Crippen LogP contribution in [0.25, 0.3) is 5.57 Å². The predicted molar refractivity (Wildman–Crippen MR) is 130 cm³/mol. The van der Waals surface area contributed by atoms with Gasteiger partial charge in [-0.05, 0) is 53.8 Å². The standard InChI is InChI=1S/C28H25FN2O3/c1-18(2)17-34-21-13-11-20(12-14-21)25-26(30-16-15-19-7-3-5-9-23(19)30)28(33)31(27(25)32)24-10-6-4-8-22(24)29/h3-14,18H,15-17H2,1-2H3. The van der Waals surface area contributed by atoms with Crippen molar-refractivity contribution in [1.29, 1.82) is 0 Å². The Morgan fingerprint density at radius 3 is 2.26 bits per heavy atom. The molecule has 2 aliphatic heterocycles. The lowest BCUT2D eigenvalue weighted by atomic mass is 10.0. The highest BCUT2D eigenvalue weighted by atomic mass is 19.1. The highest BCUT2D eigenvalue weighted by Crippen LogP contribution is 2.40. The van der Waals surface area contributed by atoms with E-state index in [2.05, 4.69) is 13.8 Å². The van der Waals surface area contributed by atoms with E-state index in [0.717, 1.165) is 22.6 Å². The fourth-order valence-electron chi connectivity index (χ4n) is 4.43. The van der Waals surface area contributed by atoms with Gasteiger partial charge in [0.05, 0.1) is 17.9 Å². The zero-order valence-electron chi connectivity index (χ0n) is 19.1. The molecule has 0 saturated carbocycles. The minimum absolute atomic E-state index is 0.0469. The van der Waals surface area contributed by atoms with Crippen molar-refractivity contribution >= 4 is 28.8 Å². The molecule has 2 aliphatic rings. The molecule has 0 radical (unpaired) electrons. The summed E-state index contributed by atoms with van der Waals surface area (Å²) in [6.07, 6.45) is 0.760. The van der Waals surface area contributed by atoms with Crippen LogP contribution < -0.4 is 14.5 Å². The van der Waals surface area contributed by atoms with Crippen molar-refractivity contribution in [3.8, 4) is 5.75 Å². The molecule has 5 nitrogen and oxygen atoms in total. The van der Waals surface area contributed by atoms with Gasteiger partial charge >= 0.3 is 0 Å². The van der Waals surface area contributed by atoms with E-state index in [1.54, 1.807) is 30.3 Å². The number of nitrogens with zero attached hydrogens (tertiary/aromatic N) is 2. The molecule has 0 aromatic heterocycles. The van der Waals surface area contributed by atoms with Gasteiger partial charge in [0.1, 0.15) is 17.3 Å². The van der Waals surface area contributed by atoms with Gasteiger partial charge in [-0.15, -0.1) is 0 Å². The molecule has 0 N–H and O–H groups in total. The van der Waals surface area contributed by atoms with Crippen molar-refractivity contribution in [3.63, 3.8) is 0 Å². The Hall–Kier alpha value is -3.93. The number of hydrogen-bond donors (Lipinski definition) is 0. The number of ether oxygens (including phenoxy) is 1. The monoisotopic (exact) mass is 456 g/mol. The number of amides is 2. The third-order valence-electron chi connectivity index (χ3n) is 6.04.